The van der Waals surface area contributed by atoms with E-state index in [1.54, 1.807) is 23.1 Å². The van der Waals surface area contributed by atoms with Gasteiger partial charge in [0.05, 0.1) is 21.5 Å². The number of aromatic nitrogens is 2. The molecule has 0 saturated heterocycles. The largest absolute Gasteiger partial charge is 0.357 e. The zero-order valence-corrected chi connectivity index (χ0v) is 16.5. The van der Waals surface area contributed by atoms with Crippen LogP contribution in [0.1, 0.15) is 16.8 Å². The van der Waals surface area contributed by atoms with Gasteiger partial charge < -0.3 is 4.90 Å². The molecular formula is C20H20N4O3S. The summed E-state index contributed by atoms with van der Waals surface area (Å²) >= 11 is 0. The Bertz CT molecular complexity index is 1180. The van der Waals surface area contributed by atoms with Gasteiger partial charge in [-0.3, -0.25) is 9.69 Å². The Morgan fingerprint density at radius 1 is 0.929 bits per heavy atom. The summed E-state index contributed by atoms with van der Waals surface area (Å²) in [5.41, 5.74) is 1.58. The molecule has 0 unspecified atom stereocenters. The number of anilines is 2. The molecule has 1 aliphatic rings. The first-order valence-corrected chi connectivity index (χ1v) is 10.8. The van der Waals surface area contributed by atoms with Crippen LogP contribution in [0.15, 0.2) is 53.4 Å². The predicted octanol–water partition coefficient (Wildman–Crippen LogP) is 2.52. The van der Waals surface area contributed by atoms with Crippen molar-refractivity contribution in [1.29, 1.82) is 0 Å². The molecule has 2 aromatic carbocycles. The summed E-state index contributed by atoms with van der Waals surface area (Å²) in [5.74, 6) is 0.676. The number of hydrogen-bond donors (Lipinski definition) is 0. The van der Waals surface area contributed by atoms with E-state index < -0.39 is 9.84 Å². The first kappa shape index (κ1) is 18.4. The number of amides is 1. The van der Waals surface area contributed by atoms with E-state index in [4.69, 9.17) is 9.97 Å². The van der Waals surface area contributed by atoms with E-state index in [9.17, 15) is 13.2 Å². The lowest BCUT2D eigenvalue weighted by molar-refractivity contribution is 0.0983. The van der Waals surface area contributed by atoms with Crippen LogP contribution >= 0.6 is 0 Å². The van der Waals surface area contributed by atoms with Crippen molar-refractivity contribution < 1.29 is 13.2 Å². The molecule has 0 aliphatic carbocycles. The standard InChI is InChI=1S/C20H20N4O3S/c1-23-12-7-13-24(19-18(23)21-15-9-4-5-10-16(15)22-19)20(25)14-8-3-6-11-17(14)28(2,26)27/h3-6,8-11H,7,12-13H2,1-2H3. The maximum Gasteiger partial charge on any atom is 0.260 e. The first-order valence-electron chi connectivity index (χ1n) is 8.95. The normalized spacial score (nSPS) is 14.6. The van der Waals surface area contributed by atoms with Crippen molar-refractivity contribution in [2.75, 3.05) is 36.2 Å². The second-order valence-electron chi connectivity index (χ2n) is 6.86. The second kappa shape index (κ2) is 6.87. The highest BCUT2D eigenvalue weighted by molar-refractivity contribution is 7.90. The fraction of sp³-hybridized carbons (Fsp3) is 0.250. The number of carbonyl (C=O) groups excluding carboxylic acids is 1. The van der Waals surface area contributed by atoms with Crippen molar-refractivity contribution in [3.8, 4) is 0 Å². The molecular weight excluding hydrogens is 376 g/mol. The molecule has 28 heavy (non-hydrogen) atoms. The summed E-state index contributed by atoms with van der Waals surface area (Å²) in [6.07, 6.45) is 1.83. The molecule has 0 spiro atoms. The van der Waals surface area contributed by atoms with E-state index in [1.165, 1.54) is 6.07 Å². The fourth-order valence-electron chi connectivity index (χ4n) is 3.41. The Labute approximate surface area is 163 Å². The highest BCUT2D eigenvalue weighted by atomic mass is 32.2. The Balaban J connectivity index is 1.89. The van der Waals surface area contributed by atoms with Crippen LogP contribution < -0.4 is 9.80 Å². The van der Waals surface area contributed by atoms with Gasteiger partial charge in [0.1, 0.15) is 0 Å². The van der Waals surface area contributed by atoms with Gasteiger partial charge in [-0.2, -0.15) is 0 Å². The van der Waals surface area contributed by atoms with Crippen LogP contribution in [0.2, 0.25) is 0 Å². The summed E-state index contributed by atoms with van der Waals surface area (Å²) in [5, 5.41) is 0. The minimum Gasteiger partial charge on any atom is -0.357 e. The molecule has 0 fully saturated rings. The van der Waals surface area contributed by atoms with Crippen molar-refractivity contribution in [3.63, 3.8) is 0 Å². The van der Waals surface area contributed by atoms with Crippen molar-refractivity contribution in [1.82, 2.24) is 9.97 Å². The number of fused-ring (bicyclic) bond motifs is 2. The van der Waals surface area contributed by atoms with Crippen molar-refractivity contribution in [3.05, 3.63) is 54.1 Å². The molecule has 7 nitrogen and oxygen atoms in total. The molecule has 3 aromatic rings. The van der Waals surface area contributed by atoms with Crippen LogP contribution in [0.4, 0.5) is 11.6 Å². The number of benzene rings is 2. The van der Waals surface area contributed by atoms with Crippen molar-refractivity contribution in [2.45, 2.75) is 11.3 Å². The van der Waals surface area contributed by atoms with E-state index in [0.29, 0.717) is 23.7 Å². The quantitative estimate of drug-likeness (QED) is 0.662. The summed E-state index contributed by atoms with van der Waals surface area (Å²) in [6, 6.07) is 13.8. The second-order valence-corrected chi connectivity index (χ2v) is 8.84. The van der Waals surface area contributed by atoms with Crippen molar-refractivity contribution in [2.24, 2.45) is 0 Å². The number of carbonyl (C=O) groups is 1. The number of sulfone groups is 1. The van der Waals surface area contributed by atoms with Gasteiger partial charge in [0, 0.05) is 26.4 Å². The van der Waals surface area contributed by atoms with Crippen LogP contribution in [-0.2, 0) is 9.84 Å². The third-order valence-electron chi connectivity index (χ3n) is 4.79. The predicted molar refractivity (Wildman–Crippen MR) is 109 cm³/mol. The summed E-state index contributed by atoms with van der Waals surface area (Å²) in [4.78, 5) is 26.3. The minimum atomic E-state index is -3.54. The van der Waals surface area contributed by atoms with Gasteiger partial charge in [-0.05, 0) is 30.7 Å². The Kier molecular flexibility index (Phi) is 4.50. The third-order valence-corrected chi connectivity index (χ3v) is 5.94. The maximum absolute atomic E-state index is 13.4. The van der Waals surface area contributed by atoms with Crippen molar-refractivity contribution >= 4 is 38.4 Å². The van der Waals surface area contributed by atoms with Gasteiger partial charge in [-0.25, -0.2) is 18.4 Å². The molecule has 0 radical (unpaired) electrons. The van der Waals surface area contributed by atoms with Crippen LogP contribution in [0.5, 0.6) is 0 Å². The average molecular weight is 396 g/mol. The molecule has 144 valence electrons. The number of rotatable bonds is 2. The van der Waals surface area contributed by atoms with E-state index in [2.05, 4.69) is 0 Å². The SMILES string of the molecule is CN1CCCN(C(=O)c2ccccc2S(C)(=O)=O)c2nc3ccccc3nc21. The molecule has 0 bridgehead atoms. The van der Waals surface area contributed by atoms with Crippen LogP contribution in [0, 0.1) is 0 Å². The molecule has 0 saturated carbocycles. The molecule has 0 N–H and O–H groups in total. The zero-order valence-electron chi connectivity index (χ0n) is 15.7. The lowest BCUT2D eigenvalue weighted by Gasteiger charge is -2.23. The van der Waals surface area contributed by atoms with Gasteiger partial charge in [-0.1, -0.05) is 24.3 Å². The number of nitrogens with zero attached hydrogens (tertiary/aromatic N) is 4. The van der Waals surface area contributed by atoms with Gasteiger partial charge in [0.2, 0.25) is 0 Å². The average Bonchev–Trinajstić information content (AvgIpc) is 2.84. The molecule has 0 atom stereocenters. The lowest BCUT2D eigenvalue weighted by Crippen LogP contribution is -2.33. The van der Waals surface area contributed by atoms with Gasteiger partial charge in [0.15, 0.2) is 21.5 Å². The van der Waals surface area contributed by atoms with Gasteiger partial charge >= 0.3 is 0 Å². The maximum atomic E-state index is 13.4. The topological polar surface area (TPSA) is 83.5 Å². The van der Waals surface area contributed by atoms with E-state index >= 15 is 0 Å². The van der Waals surface area contributed by atoms with Gasteiger partial charge in [-0.15, -0.1) is 0 Å². The number of para-hydroxylation sites is 2. The molecule has 4 rings (SSSR count). The third kappa shape index (κ3) is 3.20. The fourth-order valence-corrected chi connectivity index (χ4v) is 4.29. The Morgan fingerprint density at radius 2 is 1.54 bits per heavy atom. The van der Waals surface area contributed by atoms with Crippen LogP contribution in [0.25, 0.3) is 11.0 Å². The van der Waals surface area contributed by atoms with E-state index in [-0.39, 0.29) is 16.4 Å². The summed E-state index contributed by atoms with van der Waals surface area (Å²) < 4.78 is 24.3. The van der Waals surface area contributed by atoms with Crippen LogP contribution in [-0.4, -0.2) is 50.7 Å². The minimum absolute atomic E-state index is 0.0212. The summed E-state index contributed by atoms with van der Waals surface area (Å²) in [7, 11) is -1.63. The van der Waals surface area contributed by atoms with Gasteiger partial charge in [0.25, 0.3) is 5.91 Å². The molecule has 1 amide bonds. The smallest absolute Gasteiger partial charge is 0.260 e. The molecule has 1 aromatic heterocycles. The van der Waals surface area contributed by atoms with Crippen LogP contribution in [0.3, 0.4) is 0 Å². The molecule has 8 heteroatoms. The Morgan fingerprint density at radius 3 is 2.21 bits per heavy atom. The van der Waals surface area contributed by atoms with E-state index in [0.717, 1.165) is 24.7 Å². The molecule has 2 heterocycles. The van der Waals surface area contributed by atoms with E-state index in [1.807, 2.05) is 36.2 Å². The number of hydrogen-bond acceptors (Lipinski definition) is 6. The molecule has 1 aliphatic heterocycles. The highest BCUT2D eigenvalue weighted by Crippen LogP contribution is 2.32. The first-order chi connectivity index (χ1) is 13.4. The lowest BCUT2D eigenvalue weighted by atomic mass is 10.2. The monoisotopic (exact) mass is 396 g/mol. The summed E-state index contributed by atoms with van der Waals surface area (Å²) in [6.45, 7) is 1.15. The zero-order chi connectivity index (χ0) is 19.9. The highest BCUT2D eigenvalue weighted by Gasteiger charge is 2.30. The Hall–Kier alpha value is -3.00.